The number of aryl methyl sites for hydroxylation is 1. The number of nitrogens with zero attached hydrogens (tertiary/aromatic N) is 2. The molecule has 1 aromatic heterocycles. The Labute approximate surface area is 155 Å². The lowest BCUT2D eigenvalue weighted by atomic mass is 10.1. The molecule has 0 saturated carbocycles. The van der Waals surface area contributed by atoms with E-state index in [1.807, 2.05) is 36.1 Å². The van der Waals surface area contributed by atoms with Gasteiger partial charge in [0, 0.05) is 30.4 Å². The van der Waals surface area contributed by atoms with Crippen molar-refractivity contribution in [2.45, 2.75) is 27.3 Å². The summed E-state index contributed by atoms with van der Waals surface area (Å²) < 4.78 is 2.21. The second kappa shape index (κ2) is 7.87. The van der Waals surface area contributed by atoms with Crippen LogP contribution < -0.4 is 4.90 Å². The number of benzene rings is 1. The number of carbonyl (C=O) groups excluding carboxylic acids is 2. The number of hydrogen-bond donors (Lipinski definition) is 1. The molecule has 0 spiro atoms. The third-order valence-corrected chi connectivity index (χ3v) is 5.38. The first-order valence-electron chi connectivity index (χ1n) is 9.28. The quantitative estimate of drug-likeness (QED) is 0.817. The fourth-order valence-corrected chi connectivity index (χ4v) is 3.73. The maximum absolute atomic E-state index is 12.9. The smallest absolute Gasteiger partial charge is 0.219 e. The van der Waals surface area contributed by atoms with E-state index >= 15 is 0 Å². The molecule has 3 rings (SSSR count). The first-order valence-corrected chi connectivity index (χ1v) is 9.28. The van der Waals surface area contributed by atoms with Crippen molar-refractivity contribution in [3.63, 3.8) is 0 Å². The van der Waals surface area contributed by atoms with Crippen molar-refractivity contribution in [1.82, 2.24) is 9.47 Å². The molecule has 0 atom stereocenters. The van der Waals surface area contributed by atoms with Crippen molar-refractivity contribution in [3.05, 3.63) is 58.9 Å². The summed E-state index contributed by atoms with van der Waals surface area (Å²) in [4.78, 5) is 27.4. The van der Waals surface area contributed by atoms with E-state index in [0.29, 0.717) is 6.54 Å². The number of nitrogens with one attached hydrogen (secondary N) is 1. The maximum Gasteiger partial charge on any atom is 0.219 e. The Kier molecular flexibility index (Phi) is 5.57. The molecule has 1 N–H and O–H groups in total. The predicted molar refractivity (Wildman–Crippen MR) is 102 cm³/mol. The van der Waals surface area contributed by atoms with Crippen LogP contribution in [0, 0.1) is 13.8 Å². The average molecular weight is 354 g/mol. The zero-order chi connectivity index (χ0) is 18.7. The van der Waals surface area contributed by atoms with E-state index in [9.17, 15) is 9.59 Å². The highest BCUT2D eigenvalue weighted by molar-refractivity contribution is 5.98. The van der Waals surface area contributed by atoms with Crippen molar-refractivity contribution in [2.24, 2.45) is 0 Å². The minimum atomic E-state index is 0.125. The Morgan fingerprint density at radius 2 is 1.73 bits per heavy atom. The molecule has 2 heterocycles. The van der Waals surface area contributed by atoms with Crippen LogP contribution in [0.15, 0.2) is 36.4 Å². The molecule has 1 aliphatic rings. The third-order valence-electron chi connectivity index (χ3n) is 5.38. The van der Waals surface area contributed by atoms with Gasteiger partial charge in [-0.25, -0.2) is 0 Å². The highest BCUT2D eigenvalue weighted by Gasteiger charge is 2.25. The molecule has 0 bridgehead atoms. The summed E-state index contributed by atoms with van der Waals surface area (Å²) in [5, 5.41) is 0. The van der Waals surface area contributed by atoms with Crippen molar-refractivity contribution in [1.29, 1.82) is 0 Å². The molecule has 138 valence electrons. The summed E-state index contributed by atoms with van der Waals surface area (Å²) in [6.45, 7) is 10.2. The zero-order valence-corrected chi connectivity index (χ0v) is 15.9. The number of amides is 1. The lowest BCUT2D eigenvalue weighted by Gasteiger charge is -2.31. The monoisotopic (exact) mass is 354 g/mol. The molecule has 26 heavy (non-hydrogen) atoms. The molecule has 2 aromatic rings. The normalized spacial score (nSPS) is 15.3. The largest absolute Gasteiger partial charge is 0.344 e. The number of rotatable bonds is 5. The van der Waals surface area contributed by atoms with Crippen LogP contribution >= 0.6 is 0 Å². The molecule has 0 aliphatic carbocycles. The van der Waals surface area contributed by atoms with Crippen LogP contribution in [0.3, 0.4) is 0 Å². The molecule has 0 radical (unpaired) electrons. The fraction of sp³-hybridized carbons (Fsp3) is 0.429. The number of carbonyl (C=O) groups is 2. The minimum Gasteiger partial charge on any atom is -0.344 e. The van der Waals surface area contributed by atoms with Crippen LogP contribution in [0.4, 0.5) is 0 Å². The molecule has 1 amide bonds. The van der Waals surface area contributed by atoms with Crippen LogP contribution in [0.5, 0.6) is 0 Å². The lowest BCUT2D eigenvalue weighted by molar-refractivity contribution is -0.895. The molecular weight excluding hydrogens is 326 g/mol. The second-order valence-corrected chi connectivity index (χ2v) is 7.21. The molecule has 5 nitrogen and oxygen atoms in total. The molecule has 0 unspecified atom stereocenters. The van der Waals surface area contributed by atoms with E-state index in [2.05, 4.69) is 23.6 Å². The summed E-state index contributed by atoms with van der Waals surface area (Å²) in [7, 11) is 0. The van der Waals surface area contributed by atoms with Crippen LogP contribution in [-0.4, -0.2) is 53.9 Å². The number of ketones is 1. The van der Waals surface area contributed by atoms with E-state index in [4.69, 9.17) is 0 Å². The van der Waals surface area contributed by atoms with Gasteiger partial charge in [0.25, 0.3) is 0 Å². The van der Waals surface area contributed by atoms with Gasteiger partial charge >= 0.3 is 0 Å². The molecule has 5 heteroatoms. The maximum atomic E-state index is 12.9. The van der Waals surface area contributed by atoms with Crippen LogP contribution in [-0.2, 0) is 11.3 Å². The highest BCUT2D eigenvalue weighted by Crippen LogP contribution is 2.17. The fourth-order valence-electron chi connectivity index (χ4n) is 3.73. The van der Waals surface area contributed by atoms with Crippen LogP contribution in [0.25, 0.3) is 0 Å². The van der Waals surface area contributed by atoms with E-state index < -0.39 is 0 Å². The van der Waals surface area contributed by atoms with Crippen molar-refractivity contribution in [2.75, 3.05) is 32.7 Å². The van der Waals surface area contributed by atoms with E-state index in [-0.39, 0.29) is 11.7 Å². The number of piperazine rings is 1. The van der Waals surface area contributed by atoms with Gasteiger partial charge in [0.2, 0.25) is 11.7 Å². The highest BCUT2D eigenvalue weighted by atomic mass is 16.2. The second-order valence-electron chi connectivity index (χ2n) is 7.21. The van der Waals surface area contributed by atoms with Gasteiger partial charge in [-0.3, -0.25) is 9.59 Å². The van der Waals surface area contributed by atoms with Crippen molar-refractivity contribution in [3.8, 4) is 0 Å². The Balaban J connectivity index is 1.67. The van der Waals surface area contributed by atoms with E-state index in [1.54, 1.807) is 6.92 Å². The number of quaternary nitrogens is 1. The summed E-state index contributed by atoms with van der Waals surface area (Å²) in [6, 6.07) is 12.3. The Morgan fingerprint density at radius 3 is 2.35 bits per heavy atom. The van der Waals surface area contributed by atoms with Gasteiger partial charge in [-0.1, -0.05) is 30.3 Å². The molecule has 1 fully saturated rings. The summed E-state index contributed by atoms with van der Waals surface area (Å²) in [5.41, 5.74) is 4.23. The third kappa shape index (κ3) is 4.05. The molecular formula is C21H28N3O2+. The summed E-state index contributed by atoms with van der Waals surface area (Å²) in [5.74, 6) is 0.323. The predicted octanol–water partition coefficient (Wildman–Crippen LogP) is 1.08. The van der Waals surface area contributed by atoms with E-state index in [0.717, 1.165) is 49.7 Å². The molecule has 1 saturated heterocycles. The molecule has 1 aliphatic heterocycles. The number of aromatic nitrogens is 1. The van der Waals surface area contributed by atoms with Crippen molar-refractivity contribution < 1.29 is 14.5 Å². The first-order chi connectivity index (χ1) is 12.5. The van der Waals surface area contributed by atoms with Crippen LogP contribution in [0.2, 0.25) is 0 Å². The van der Waals surface area contributed by atoms with Gasteiger partial charge < -0.3 is 14.4 Å². The van der Waals surface area contributed by atoms with Gasteiger partial charge in [-0.05, 0) is 25.5 Å². The Bertz CT molecular complexity index is 787. The Hall–Kier alpha value is -2.40. The van der Waals surface area contributed by atoms with Gasteiger partial charge in [-0.15, -0.1) is 0 Å². The van der Waals surface area contributed by atoms with Gasteiger partial charge in [0.1, 0.15) is 6.54 Å². The number of hydrogen-bond acceptors (Lipinski definition) is 2. The Morgan fingerprint density at radius 1 is 1.08 bits per heavy atom. The zero-order valence-electron chi connectivity index (χ0n) is 15.9. The standard InChI is InChI=1S/C21H27N3O2/c1-16-13-20(17(2)24(16)14-19-7-5-4-6-8-19)21(26)15-22-9-11-23(12-10-22)18(3)25/h4-8,13H,9-12,14-15H2,1-3H3/p+1. The number of Topliss-reactive ketones (excluding diaryl/α,β-unsaturated/α-hetero) is 1. The minimum absolute atomic E-state index is 0.125. The average Bonchev–Trinajstić information content (AvgIpc) is 2.91. The first kappa shape index (κ1) is 18.4. The summed E-state index contributed by atoms with van der Waals surface area (Å²) >= 11 is 0. The van der Waals surface area contributed by atoms with Gasteiger partial charge in [-0.2, -0.15) is 0 Å². The van der Waals surface area contributed by atoms with E-state index in [1.165, 1.54) is 10.5 Å². The summed E-state index contributed by atoms with van der Waals surface area (Å²) in [6.07, 6.45) is 0. The SMILES string of the molecule is CC(=O)N1CC[NH+](CC(=O)c2cc(C)n(Cc3ccccc3)c2C)CC1. The van der Waals surface area contributed by atoms with Gasteiger partial charge in [0.05, 0.1) is 26.2 Å². The van der Waals surface area contributed by atoms with Crippen LogP contribution in [0.1, 0.15) is 34.2 Å². The lowest BCUT2D eigenvalue weighted by Crippen LogP contribution is -3.15. The topological polar surface area (TPSA) is 46.8 Å². The van der Waals surface area contributed by atoms with Crippen molar-refractivity contribution >= 4 is 11.7 Å². The van der Waals surface area contributed by atoms with Gasteiger partial charge in [0.15, 0.2) is 0 Å². The molecule has 1 aromatic carbocycles.